The zero-order valence-corrected chi connectivity index (χ0v) is 9.24. The summed E-state index contributed by atoms with van der Waals surface area (Å²) in [6, 6.07) is 0. The number of nitrogens with zero attached hydrogens (tertiary/aromatic N) is 1. The van der Waals surface area contributed by atoms with Gasteiger partial charge in [0.05, 0.1) is 0 Å². The molecule has 1 amide bonds. The van der Waals surface area contributed by atoms with Crippen LogP contribution >= 0.6 is 12.6 Å². The van der Waals surface area contributed by atoms with Crippen molar-refractivity contribution in [3.63, 3.8) is 0 Å². The summed E-state index contributed by atoms with van der Waals surface area (Å²) >= 11 is 4.10. The molecule has 5 heteroatoms. The minimum atomic E-state index is -0.250. The quantitative estimate of drug-likeness (QED) is 0.535. The van der Waals surface area contributed by atoms with Crippen molar-refractivity contribution in [2.45, 2.75) is 19.8 Å². The van der Waals surface area contributed by atoms with Crippen LogP contribution in [0.25, 0.3) is 0 Å². The van der Waals surface area contributed by atoms with Crippen LogP contribution in [0.3, 0.4) is 0 Å². The van der Waals surface area contributed by atoms with Gasteiger partial charge in [-0.25, -0.2) is 0 Å². The zero-order valence-electron chi connectivity index (χ0n) is 8.35. The average Bonchev–Trinajstić information content (AvgIpc) is 2.69. The Bertz CT molecular complexity index is 181. The summed E-state index contributed by atoms with van der Waals surface area (Å²) in [6.07, 6.45) is 2.34. The second kappa shape index (κ2) is 7.67. The third-order valence-electron chi connectivity index (χ3n) is 2.11. The zero-order chi connectivity index (χ0) is 11.0. The predicted molar refractivity (Wildman–Crippen MR) is 57.5 cm³/mol. The Morgan fingerprint density at radius 3 is 2.36 bits per heavy atom. The van der Waals surface area contributed by atoms with Gasteiger partial charge in [-0.2, -0.15) is 12.6 Å². The Balaban J connectivity index is 0.000000500. The van der Waals surface area contributed by atoms with E-state index in [1.165, 1.54) is 12.8 Å². The van der Waals surface area contributed by atoms with Gasteiger partial charge in [-0.05, 0) is 12.8 Å². The number of amides is 1. The van der Waals surface area contributed by atoms with Crippen molar-refractivity contribution >= 4 is 25.0 Å². The van der Waals surface area contributed by atoms with E-state index in [9.17, 15) is 4.79 Å². The standard InChI is InChI=1S/C8H15NOS.CH2O2/c1-7(6-11)8(10)9-4-2-3-5-9;2-1-3/h7,11H,2-6H2,1H3;1H,(H,2,3)/t7-;/m1./s1. The molecule has 1 aliphatic heterocycles. The molecule has 14 heavy (non-hydrogen) atoms. The molecule has 1 aliphatic rings. The topological polar surface area (TPSA) is 57.6 Å². The highest BCUT2D eigenvalue weighted by Gasteiger charge is 2.21. The Kier molecular flexibility index (Phi) is 7.28. The van der Waals surface area contributed by atoms with Crippen molar-refractivity contribution in [2.75, 3.05) is 18.8 Å². The van der Waals surface area contributed by atoms with E-state index in [0.717, 1.165) is 13.1 Å². The monoisotopic (exact) mass is 219 g/mol. The SMILES string of the molecule is C[C@H](CS)C(=O)N1CCCC1.O=CO. The van der Waals surface area contributed by atoms with Gasteiger partial charge in [0.25, 0.3) is 6.47 Å². The smallest absolute Gasteiger partial charge is 0.290 e. The number of thiol groups is 1. The van der Waals surface area contributed by atoms with E-state index >= 15 is 0 Å². The maximum absolute atomic E-state index is 11.5. The van der Waals surface area contributed by atoms with E-state index in [2.05, 4.69) is 12.6 Å². The summed E-state index contributed by atoms with van der Waals surface area (Å²) in [5, 5.41) is 6.89. The molecule has 1 fully saturated rings. The van der Waals surface area contributed by atoms with Crippen LogP contribution in [0.2, 0.25) is 0 Å². The summed E-state index contributed by atoms with van der Waals surface area (Å²) < 4.78 is 0. The Labute approximate surface area is 89.7 Å². The molecule has 0 aromatic heterocycles. The second-order valence-electron chi connectivity index (χ2n) is 3.22. The number of carboxylic acid groups (broad SMARTS) is 1. The molecule has 0 aliphatic carbocycles. The van der Waals surface area contributed by atoms with Crippen LogP contribution < -0.4 is 0 Å². The molecule has 0 saturated carbocycles. The summed E-state index contributed by atoms with van der Waals surface area (Å²) in [6.45, 7) is 3.60. The fraction of sp³-hybridized carbons (Fsp3) is 0.778. The van der Waals surface area contributed by atoms with Gasteiger partial charge < -0.3 is 10.0 Å². The summed E-state index contributed by atoms with van der Waals surface area (Å²) in [5.41, 5.74) is 0. The van der Waals surface area contributed by atoms with Crippen LogP contribution in [0.5, 0.6) is 0 Å². The van der Waals surface area contributed by atoms with Crippen molar-refractivity contribution < 1.29 is 14.7 Å². The Morgan fingerprint density at radius 1 is 1.57 bits per heavy atom. The third-order valence-corrected chi connectivity index (χ3v) is 2.66. The van der Waals surface area contributed by atoms with Gasteiger partial charge in [0.15, 0.2) is 0 Å². The number of hydrogen-bond acceptors (Lipinski definition) is 3. The Hall–Kier alpha value is -0.710. The molecule has 0 radical (unpaired) electrons. The lowest BCUT2D eigenvalue weighted by Crippen LogP contribution is -2.33. The van der Waals surface area contributed by atoms with E-state index in [-0.39, 0.29) is 18.3 Å². The third kappa shape index (κ3) is 4.50. The first-order chi connectivity index (χ1) is 6.67. The van der Waals surface area contributed by atoms with Gasteiger partial charge in [0, 0.05) is 24.8 Å². The number of carbonyl (C=O) groups is 2. The van der Waals surface area contributed by atoms with Gasteiger partial charge in [-0.3, -0.25) is 9.59 Å². The van der Waals surface area contributed by atoms with Crippen LogP contribution in [0, 0.1) is 5.92 Å². The predicted octanol–water partition coefficient (Wildman–Crippen LogP) is 0.876. The molecular formula is C9H17NO3S. The first-order valence-corrected chi connectivity index (χ1v) is 5.28. The molecule has 0 spiro atoms. The van der Waals surface area contributed by atoms with Gasteiger partial charge in [-0.15, -0.1) is 0 Å². The van der Waals surface area contributed by atoms with Crippen LogP contribution in [0.1, 0.15) is 19.8 Å². The molecule has 0 bridgehead atoms. The maximum atomic E-state index is 11.5. The Morgan fingerprint density at radius 2 is 2.00 bits per heavy atom. The second-order valence-corrected chi connectivity index (χ2v) is 3.59. The van der Waals surface area contributed by atoms with Crippen molar-refractivity contribution in [1.29, 1.82) is 0 Å². The molecule has 82 valence electrons. The van der Waals surface area contributed by atoms with Gasteiger partial charge in [0.1, 0.15) is 0 Å². The van der Waals surface area contributed by atoms with Crippen molar-refractivity contribution in [2.24, 2.45) is 5.92 Å². The average molecular weight is 219 g/mol. The normalized spacial score (nSPS) is 16.9. The summed E-state index contributed by atoms with van der Waals surface area (Å²) in [4.78, 5) is 21.8. The molecule has 0 unspecified atom stereocenters. The van der Waals surface area contributed by atoms with Gasteiger partial charge in [0.2, 0.25) is 5.91 Å². The molecule has 1 atom stereocenters. The lowest BCUT2D eigenvalue weighted by atomic mass is 10.2. The first-order valence-electron chi connectivity index (χ1n) is 4.64. The lowest BCUT2D eigenvalue weighted by Gasteiger charge is -2.18. The van der Waals surface area contributed by atoms with E-state index in [1.54, 1.807) is 0 Å². The highest BCUT2D eigenvalue weighted by atomic mass is 32.1. The lowest BCUT2D eigenvalue weighted by molar-refractivity contribution is -0.133. The molecule has 1 rings (SSSR count). The molecule has 0 aromatic rings. The van der Waals surface area contributed by atoms with E-state index in [1.807, 2.05) is 11.8 Å². The highest BCUT2D eigenvalue weighted by molar-refractivity contribution is 7.80. The molecule has 4 nitrogen and oxygen atoms in total. The van der Waals surface area contributed by atoms with Gasteiger partial charge >= 0.3 is 0 Å². The van der Waals surface area contributed by atoms with Crippen molar-refractivity contribution in [1.82, 2.24) is 4.90 Å². The highest BCUT2D eigenvalue weighted by Crippen LogP contribution is 2.12. The number of hydrogen-bond donors (Lipinski definition) is 2. The number of carbonyl (C=O) groups excluding carboxylic acids is 1. The first kappa shape index (κ1) is 13.3. The van der Waals surface area contributed by atoms with Crippen molar-refractivity contribution in [3.05, 3.63) is 0 Å². The van der Waals surface area contributed by atoms with E-state index < -0.39 is 0 Å². The maximum Gasteiger partial charge on any atom is 0.290 e. The van der Waals surface area contributed by atoms with Crippen molar-refractivity contribution in [3.8, 4) is 0 Å². The molecule has 1 heterocycles. The molecule has 1 N–H and O–H groups in total. The van der Waals surface area contributed by atoms with Crippen LogP contribution in [0.4, 0.5) is 0 Å². The van der Waals surface area contributed by atoms with Crippen LogP contribution in [-0.2, 0) is 9.59 Å². The van der Waals surface area contributed by atoms with E-state index in [4.69, 9.17) is 9.90 Å². The minimum Gasteiger partial charge on any atom is -0.483 e. The van der Waals surface area contributed by atoms with Gasteiger partial charge in [-0.1, -0.05) is 6.92 Å². The minimum absolute atomic E-state index is 0.0939. The number of likely N-dealkylation sites (tertiary alicyclic amines) is 1. The summed E-state index contributed by atoms with van der Waals surface area (Å²) in [5.74, 6) is 1.03. The molecule has 1 saturated heterocycles. The fourth-order valence-electron chi connectivity index (χ4n) is 1.33. The largest absolute Gasteiger partial charge is 0.483 e. The fourth-order valence-corrected chi connectivity index (χ4v) is 1.48. The van der Waals surface area contributed by atoms with Crippen LogP contribution in [-0.4, -0.2) is 41.2 Å². The molecular weight excluding hydrogens is 202 g/mol. The molecule has 0 aromatic carbocycles. The van der Waals surface area contributed by atoms with E-state index in [0.29, 0.717) is 5.75 Å². The number of rotatable bonds is 2. The summed E-state index contributed by atoms with van der Waals surface area (Å²) in [7, 11) is 0. The van der Waals surface area contributed by atoms with Crippen LogP contribution in [0.15, 0.2) is 0 Å².